The molecule has 2 aliphatic heterocycles. The molecule has 2 unspecified atom stereocenters. The Hall–Kier alpha value is -0.830. The van der Waals surface area contributed by atoms with Crippen molar-refractivity contribution in [2.75, 3.05) is 13.7 Å². The number of thiol groups is 1. The molecule has 0 saturated carbocycles. The van der Waals surface area contributed by atoms with Gasteiger partial charge in [-0.25, -0.2) is 0 Å². The second-order valence-electron chi connectivity index (χ2n) is 5.09. The Labute approximate surface area is 128 Å². The van der Waals surface area contributed by atoms with Crippen LogP contribution in [0.25, 0.3) is 0 Å². The summed E-state index contributed by atoms with van der Waals surface area (Å²) in [5.41, 5.74) is 0.0647. The second kappa shape index (κ2) is 6.12. The first-order chi connectivity index (χ1) is 10.1. The molecular weight excluding hydrogens is 296 g/mol. The van der Waals surface area contributed by atoms with E-state index in [4.69, 9.17) is 18.9 Å². The van der Waals surface area contributed by atoms with Gasteiger partial charge in [0.1, 0.15) is 35.6 Å². The van der Waals surface area contributed by atoms with E-state index in [2.05, 4.69) is 12.6 Å². The molecule has 2 heterocycles. The van der Waals surface area contributed by atoms with Crippen LogP contribution >= 0.6 is 12.6 Å². The first kappa shape index (κ1) is 15.1. The van der Waals surface area contributed by atoms with Crippen LogP contribution in [0.3, 0.4) is 0 Å². The Kier molecular flexibility index (Phi) is 4.39. The zero-order valence-corrected chi connectivity index (χ0v) is 12.3. The monoisotopic (exact) mass is 314 g/mol. The molecular formula is C14H18O6S. The molecule has 0 amide bonds. The number of hydrogen-bond donors (Lipinski definition) is 3. The van der Waals surface area contributed by atoms with Crippen molar-refractivity contribution >= 4 is 12.6 Å². The fourth-order valence-electron chi connectivity index (χ4n) is 2.52. The quantitative estimate of drug-likeness (QED) is 0.690. The van der Waals surface area contributed by atoms with Gasteiger partial charge in [-0.15, -0.1) is 12.6 Å². The molecule has 6 atom stereocenters. The van der Waals surface area contributed by atoms with Crippen LogP contribution in [0.15, 0.2) is 24.3 Å². The van der Waals surface area contributed by atoms with E-state index in [0.717, 1.165) is 11.3 Å². The molecule has 7 heteroatoms. The Bertz CT molecular complexity index is 479. The van der Waals surface area contributed by atoms with Gasteiger partial charge >= 0.3 is 0 Å². The number of fused-ring (bicyclic) bond motifs is 1. The van der Waals surface area contributed by atoms with Crippen molar-refractivity contribution in [3.8, 4) is 5.75 Å². The lowest BCUT2D eigenvalue weighted by Gasteiger charge is -2.45. The Balaban J connectivity index is 1.73. The number of methoxy groups -OCH3 is 1. The molecule has 0 aliphatic carbocycles. The van der Waals surface area contributed by atoms with Gasteiger partial charge < -0.3 is 29.2 Å². The molecule has 1 aromatic carbocycles. The maximum Gasteiger partial charge on any atom is 0.184 e. The van der Waals surface area contributed by atoms with Crippen molar-refractivity contribution in [3.63, 3.8) is 0 Å². The van der Waals surface area contributed by atoms with E-state index in [1.165, 1.54) is 0 Å². The standard InChI is InChI=1S/C14H18O6S/c1-17-8-4-2-7(3-5-8)13-18-6-9-12(20-13)10(15)11(16)14(21)19-9/h2-5,9-16,21H,6H2,1H3/t9-,10-,11-,12+,13?,14?/m1/s1. The highest BCUT2D eigenvalue weighted by Gasteiger charge is 2.47. The van der Waals surface area contributed by atoms with Crippen LogP contribution in [0.4, 0.5) is 0 Å². The Morgan fingerprint density at radius 2 is 1.86 bits per heavy atom. The lowest BCUT2D eigenvalue weighted by Crippen LogP contribution is -2.60. The number of hydrogen-bond acceptors (Lipinski definition) is 7. The van der Waals surface area contributed by atoms with Gasteiger partial charge in [-0.2, -0.15) is 0 Å². The molecule has 0 radical (unpaired) electrons. The van der Waals surface area contributed by atoms with E-state index in [9.17, 15) is 10.2 Å². The van der Waals surface area contributed by atoms with Crippen molar-refractivity contribution in [3.05, 3.63) is 29.8 Å². The average molecular weight is 314 g/mol. The van der Waals surface area contributed by atoms with Crippen LogP contribution in [0.5, 0.6) is 5.75 Å². The van der Waals surface area contributed by atoms with Gasteiger partial charge in [0.05, 0.1) is 13.7 Å². The lowest BCUT2D eigenvalue weighted by molar-refractivity contribution is -0.318. The molecule has 2 saturated heterocycles. The van der Waals surface area contributed by atoms with Crippen molar-refractivity contribution in [2.24, 2.45) is 0 Å². The molecule has 1 aromatic rings. The van der Waals surface area contributed by atoms with Crippen LogP contribution in [0.2, 0.25) is 0 Å². The number of aliphatic hydroxyl groups is 2. The molecule has 6 nitrogen and oxygen atoms in total. The molecule has 2 N–H and O–H groups in total. The summed E-state index contributed by atoms with van der Waals surface area (Å²) in [4.78, 5) is 0. The number of rotatable bonds is 2. The minimum atomic E-state index is -1.09. The van der Waals surface area contributed by atoms with Gasteiger partial charge in [0, 0.05) is 5.56 Å². The molecule has 21 heavy (non-hydrogen) atoms. The topological polar surface area (TPSA) is 77.4 Å². The Morgan fingerprint density at radius 3 is 2.52 bits per heavy atom. The minimum Gasteiger partial charge on any atom is -0.497 e. The van der Waals surface area contributed by atoms with E-state index in [0.29, 0.717) is 0 Å². The second-order valence-corrected chi connectivity index (χ2v) is 5.59. The highest BCUT2D eigenvalue weighted by atomic mass is 32.1. The SMILES string of the molecule is COc1ccc(C2OC[C@H]3OC(S)[C@H](O)[C@@H](O)[C@H]3O2)cc1. The number of ether oxygens (including phenoxy) is 4. The van der Waals surface area contributed by atoms with Crippen LogP contribution in [0.1, 0.15) is 11.9 Å². The summed E-state index contributed by atoms with van der Waals surface area (Å²) in [5, 5.41) is 19.9. The predicted octanol–water partition coefficient (Wildman–Crippen LogP) is 0.486. The zero-order chi connectivity index (χ0) is 15.0. The first-order valence-corrected chi connectivity index (χ1v) is 7.22. The van der Waals surface area contributed by atoms with E-state index in [1.54, 1.807) is 19.2 Å². The van der Waals surface area contributed by atoms with Gasteiger partial charge in [0.15, 0.2) is 6.29 Å². The summed E-state index contributed by atoms with van der Waals surface area (Å²) in [6, 6.07) is 7.27. The minimum absolute atomic E-state index is 0.266. The fourth-order valence-corrected chi connectivity index (χ4v) is 2.85. The fraction of sp³-hybridized carbons (Fsp3) is 0.571. The van der Waals surface area contributed by atoms with Crippen LogP contribution in [-0.4, -0.2) is 53.8 Å². The highest BCUT2D eigenvalue weighted by molar-refractivity contribution is 7.80. The summed E-state index contributed by atoms with van der Waals surface area (Å²) in [5.74, 6) is 0.738. The average Bonchev–Trinajstić information content (AvgIpc) is 2.53. The molecule has 0 spiro atoms. The third kappa shape index (κ3) is 2.90. The smallest absolute Gasteiger partial charge is 0.184 e. The van der Waals surface area contributed by atoms with Crippen molar-refractivity contribution in [1.29, 1.82) is 0 Å². The third-order valence-electron chi connectivity index (χ3n) is 3.74. The van der Waals surface area contributed by atoms with Gasteiger partial charge in [-0.3, -0.25) is 0 Å². The molecule has 0 aromatic heterocycles. The summed E-state index contributed by atoms with van der Waals surface area (Å²) < 4.78 is 22.0. The van der Waals surface area contributed by atoms with Gasteiger partial charge in [-0.05, 0) is 12.1 Å². The third-order valence-corrected chi connectivity index (χ3v) is 4.17. The molecule has 2 fully saturated rings. The molecule has 0 bridgehead atoms. The largest absolute Gasteiger partial charge is 0.497 e. The Morgan fingerprint density at radius 1 is 1.14 bits per heavy atom. The predicted molar refractivity (Wildman–Crippen MR) is 76.2 cm³/mol. The van der Waals surface area contributed by atoms with Crippen molar-refractivity contribution in [1.82, 2.24) is 0 Å². The van der Waals surface area contributed by atoms with E-state index < -0.39 is 36.1 Å². The lowest BCUT2D eigenvalue weighted by atomic mass is 9.99. The molecule has 2 aliphatic rings. The van der Waals surface area contributed by atoms with Crippen LogP contribution < -0.4 is 4.74 Å². The normalized spacial score (nSPS) is 39.6. The van der Waals surface area contributed by atoms with Crippen LogP contribution in [-0.2, 0) is 14.2 Å². The van der Waals surface area contributed by atoms with Gasteiger partial charge in [0.2, 0.25) is 0 Å². The first-order valence-electron chi connectivity index (χ1n) is 6.71. The summed E-state index contributed by atoms with van der Waals surface area (Å²) in [7, 11) is 1.60. The maximum absolute atomic E-state index is 10.1. The number of aliphatic hydroxyl groups excluding tert-OH is 2. The number of benzene rings is 1. The maximum atomic E-state index is 10.1. The summed E-state index contributed by atoms with van der Waals surface area (Å²) >= 11 is 4.09. The van der Waals surface area contributed by atoms with Gasteiger partial charge in [-0.1, -0.05) is 12.1 Å². The van der Waals surface area contributed by atoms with E-state index >= 15 is 0 Å². The van der Waals surface area contributed by atoms with Gasteiger partial charge in [0.25, 0.3) is 0 Å². The van der Waals surface area contributed by atoms with E-state index in [1.807, 2.05) is 12.1 Å². The van der Waals surface area contributed by atoms with Crippen molar-refractivity contribution in [2.45, 2.75) is 36.1 Å². The molecule has 3 rings (SSSR count). The van der Waals surface area contributed by atoms with E-state index in [-0.39, 0.29) is 6.61 Å². The zero-order valence-electron chi connectivity index (χ0n) is 11.5. The van der Waals surface area contributed by atoms with Crippen LogP contribution in [0, 0.1) is 0 Å². The molecule has 116 valence electrons. The summed E-state index contributed by atoms with van der Waals surface area (Å²) in [6.07, 6.45) is -3.86. The summed E-state index contributed by atoms with van der Waals surface area (Å²) in [6.45, 7) is 0.266. The highest BCUT2D eigenvalue weighted by Crippen LogP contribution is 2.35. The van der Waals surface area contributed by atoms with Crippen molar-refractivity contribution < 1.29 is 29.2 Å².